The Hall–Kier alpha value is -3.95. The van der Waals surface area contributed by atoms with E-state index in [0.29, 0.717) is 11.3 Å². The van der Waals surface area contributed by atoms with E-state index in [2.05, 4.69) is 5.32 Å². The molecule has 0 spiro atoms. The lowest BCUT2D eigenvalue weighted by Gasteiger charge is -2.18. The van der Waals surface area contributed by atoms with E-state index < -0.39 is 34.9 Å². The smallest absolute Gasteiger partial charge is 0.345 e. The van der Waals surface area contributed by atoms with Crippen molar-refractivity contribution in [3.8, 4) is 11.5 Å². The zero-order valence-corrected chi connectivity index (χ0v) is 15.8. The molecule has 2 aromatic rings. The Kier molecular flexibility index (Phi) is 4.82. The molecule has 1 amide bonds. The van der Waals surface area contributed by atoms with Gasteiger partial charge in [-0.1, -0.05) is 0 Å². The number of ether oxygens (including phenoxy) is 3. The van der Waals surface area contributed by atoms with Crippen molar-refractivity contribution in [3.63, 3.8) is 0 Å². The van der Waals surface area contributed by atoms with E-state index in [1.165, 1.54) is 12.1 Å². The van der Waals surface area contributed by atoms with Crippen LogP contribution in [0.3, 0.4) is 0 Å². The van der Waals surface area contributed by atoms with Crippen molar-refractivity contribution in [1.82, 2.24) is 0 Å². The molecule has 0 saturated carbocycles. The molecule has 0 radical (unpaired) electrons. The number of benzene rings is 2. The molecule has 10 heteroatoms. The van der Waals surface area contributed by atoms with E-state index in [1.54, 1.807) is 19.1 Å². The van der Waals surface area contributed by atoms with E-state index in [1.807, 2.05) is 0 Å². The highest BCUT2D eigenvalue weighted by atomic mass is 16.6. The minimum atomic E-state index is -1.03. The maximum Gasteiger partial charge on any atom is 0.345 e. The summed E-state index contributed by atoms with van der Waals surface area (Å²) in [7, 11) is 0. The van der Waals surface area contributed by atoms with E-state index in [-0.39, 0.29) is 41.7 Å². The van der Waals surface area contributed by atoms with Crippen LogP contribution in [0, 0.1) is 10.1 Å². The van der Waals surface area contributed by atoms with Crippen LogP contribution in [-0.4, -0.2) is 42.4 Å². The van der Waals surface area contributed by atoms with Crippen LogP contribution in [0.4, 0.5) is 11.4 Å². The van der Waals surface area contributed by atoms with Gasteiger partial charge in [0.2, 0.25) is 5.91 Å². The Labute approximate surface area is 169 Å². The van der Waals surface area contributed by atoms with Gasteiger partial charge in [0.25, 0.3) is 5.69 Å². The predicted molar refractivity (Wildman–Crippen MR) is 102 cm³/mol. The first-order chi connectivity index (χ1) is 14.3. The summed E-state index contributed by atoms with van der Waals surface area (Å²) < 4.78 is 15.7. The lowest BCUT2D eigenvalue weighted by atomic mass is 9.99. The third kappa shape index (κ3) is 3.43. The van der Waals surface area contributed by atoms with Gasteiger partial charge >= 0.3 is 5.97 Å². The highest BCUT2D eigenvalue weighted by molar-refractivity contribution is 6.05. The van der Waals surface area contributed by atoms with Crippen molar-refractivity contribution in [1.29, 1.82) is 0 Å². The fourth-order valence-corrected chi connectivity index (χ4v) is 3.28. The number of fused-ring (bicyclic) bond motifs is 2. The first-order valence-corrected chi connectivity index (χ1v) is 9.08. The predicted octanol–water partition coefficient (Wildman–Crippen LogP) is 2.46. The molecule has 2 aliphatic heterocycles. The van der Waals surface area contributed by atoms with Gasteiger partial charge in [-0.15, -0.1) is 0 Å². The molecule has 0 unspecified atom stereocenters. The molecule has 0 aliphatic carbocycles. The van der Waals surface area contributed by atoms with Crippen LogP contribution >= 0.6 is 0 Å². The van der Waals surface area contributed by atoms with Crippen molar-refractivity contribution in [2.45, 2.75) is 12.8 Å². The molecule has 0 fully saturated rings. The van der Waals surface area contributed by atoms with E-state index in [9.17, 15) is 24.5 Å². The van der Waals surface area contributed by atoms with E-state index in [4.69, 9.17) is 14.2 Å². The average molecular weight is 412 g/mol. The summed E-state index contributed by atoms with van der Waals surface area (Å²) in [5.41, 5.74) is 0.733. The SMILES string of the molecule is C[C@H]1C(=O)Nc2ccc(C(=O)COC(=O)c3cc4c(cc3[N+](=O)[O-])OCCO4)cc21. The van der Waals surface area contributed by atoms with Crippen molar-refractivity contribution >= 4 is 29.0 Å². The van der Waals surface area contributed by atoms with Gasteiger partial charge in [0.1, 0.15) is 18.8 Å². The highest BCUT2D eigenvalue weighted by Crippen LogP contribution is 2.37. The van der Waals surface area contributed by atoms with Gasteiger partial charge < -0.3 is 19.5 Å². The molecule has 2 aliphatic rings. The second-order valence-corrected chi connectivity index (χ2v) is 6.78. The molecule has 154 valence electrons. The Morgan fingerprint density at radius 1 is 1.20 bits per heavy atom. The van der Waals surface area contributed by atoms with Crippen LogP contribution < -0.4 is 14.8 Å². The summed E-state index contributed by atoms with van der Waals surface area (Å²) >= 11 is 0. The third-order valence-corrected chi connectivity index (χ3v) is 4.90. The quantitative estimate of drug-likeness (QED) is 0.343. The van der Waals surface area contributed by atoms with Gasteiger partial charge in [-0.3, -0.25) is 19.7 Å². The van der Waals surface area contributed by atoms with Crippen LogP contribution in [0.2, 0.25) is 0 Å². The maximum absolute atomic E-state index is 12.5. The molecule has 1 atom stereocenters. The molecule has 0 saturated heterocycles. The van der Waals surface area contributed by atoms with E-state index >= 15 is 0 Å². The maximum atomic E-state index is 12.5. The zero-order valence-electron chi connectivity index (χ0n) is 15.8. The topological polar surface area (TPSA) is 134 Å². The average Bonchev–Trinajstić information content (AvgIpc) is 3.03. The van der Waals surface area contributed by atoms with Crippen LogP contribution in [-0.2, 0) is 9.53 Å². The number of ketones is 1. The van der Waals surface area contributed by atoms with Crippen LogP contribution in [0.5, 0.6) is 11.5 Å². The summed E-state index contributed by atoms with van der Waals surface area (Å²) in [6.07, 6.45) is 0. The van der Waals surface area contributed by atoms with Gasteiger partial charge in [-0.05, 0) is 30.7 Å². The second-order valence-electron chi connectivity index (χ2n) is 6.78. The number of anilines is 1. The van der Waals surface area contributed by atoms with Gasteiger partial charge in [0.05, 0.1) is 16.9 Å². The number of nitrogens with zero attached hydrogens (tertiary/aromatic N) is 1. The second kappa shape index (κ2) is 7.47. The minimum absolute atomic E-state index is 0.160. The Morgan fingerprint density at radius 3 is 2.60 bits per heavy atom. The number of hydrogen-bond acceptors (Lipinski definition) is 8. The molecule has 2 heterocycles. The fraction of sp³-hybridized carbons (Fsp3) is 0.250. The monoisotopic (exact) mass is 412 g/mol. The molecule has 10 nitrogen and oxygen atoms in total. The lowest BCUT2D eigenvalue weighted by molar-refractivity contribution is -0.385. The number of nitro groups is 1. The number of esters is 1. The molecule has 30 heavy (non-hydrogen) atoms. The van der Waals surface area contributed by atoms with Crippen molar-refractivity contribution in [2.75, 3.05) is 25.1 Å². The van der Waals surface area contributed by atoms with Crippen LogP contribution in [0.15, 0.2) is 30.3 Å². The number of rotatable bonds is 5. The highest BCUT2D eigenvalue weighted by Gasteiger charge is 2.29. The Balaban J connectivity index is 1.51. The first kappa shape index (κ1) is 19.4. The standard InChI is InChI=1S/C20H16N2O8/c1-10-12-6-11(2-3-14(12)21-19(10)24)16(23)9-30-20(25)13-7-17-18(29-5-4-28-17)8-15(13)22(26)27/h2-3,6-8,10H,4-5,9H2,1H3,(H,21,24)/t10-/m1/s1. The summed E-state index contributed by atoms with van der Waals surface area (Å²) in [6, 6.07) is 6.96. The fourth-order valence-electron chi connectivity index (χ4n) is 3.28. The Bertz CT molecular complexity index is 1090. The number of Topliss-reactive ketones (excluding diaryl/α,β-unsaturated/α-hetero) is 1. The largest absolute Gasteiger partial charge is 0.486 e. The zero-order chi connectivity index (χ0) is 21.4. The summed E-state index contributed by atoms with van der Waals surface area (Å²) in [5, 5.41) is 14.0. The van der Waals surface area contributed by atoms with Crippen molar-refractivity contribution < 1.29 is 33.5 Å². The number of carbonyl (C=O) groups excluding carboxylic acids is 3. The molecular weight excluding hydrogens is 396 g/mol. The molecule has 0 aromatic heterocycles. The van der Waals surface area contributed by atoms with E-state index in [0.717, 1.165) is 6.07 Å². The molecule has 4 rings (SSSR count). The third-order valence-electron chi connectivity index (χ3n) is 4.90. The normalized spacial score (nSPS) is 16.4. The summed E-state index contributed by atoms with van der Waals surface area (Å²) in [5.74, 6) is -1.73. The lowest BCUT2D eigenvalue weighted by Crippen LogP contribution is -2.18. The number of nitro benzene ring substituents is 1. The molecule has 1 N–H and O–H groups in total. The van der Waals surface area contributed by atoms with Gasteiger partial charge in [-0.2, -0.15) is 0 Å². The summed E-state index contributed by atoms with van der Waals surface area (Å²) in [4.78, 5) is 47.2. The number of carbonyl (C=O) groups is 3. The van der Waals surface area contributed by atoms with Crippen LogP contribution in [0.25, 0.3) is 0 Å². The van der Waals surface area contributed by atoms with Crippen molar-refractivity contribution in [3.05, 3.63) is 57.1 Å². The summed E-state index contributed by atoms with van der Waals surface area (Å²) in [6.45, 7) is 1.59. The molecule has 0 bridgehead atoms. The Morgan fingerprint density at radius 2 is 1.90 bits per heavy atom. The molecular formula is C20H16N2O8. The van der Waals surface area contributed by atoms with Crippen molar-refractivity contribution in [2.24, 2.45) is 0 Å². The first-order valence-electron chi connectivity index (χ1n) is 9.08. The molecule has 2 aromatic carbocycles. The van der Waals surface area contributed by atoms with Gasteiger partial charge in [0.15, 0.2) is 23.9 Å². The number of nitrogens with one attached hydrogen (secondary N) is 1. The van der Waals surface area contributed by atoms with Gasteiger partial charge in [0, 0.05) is 17.3 Å². The van der Waals surface area contributed by atoms with Crippen LogP contribution in [0.1, 0.15) is 39.1 Å². The number of amides is 1. The number of hydrogen-bond donors (Lipinski definition) is 1. The van der Waals surface area contributed by atoms with Gasteiger partial charge in [-0.25, -0.2) is 4.79 Å². The minimum Gasteiger partial charge on any atom is -0.486 e.